The van der Waals surface area contributed by atoms with Gasteiger partial charge in [-0.1, -0.05) is 19.9 Å². The van der Waals surface area contributed by atoms with Gasteiger partial charge in [0.2, 0.25) is 0 Å². The number of ether oxygens (including phenoxy) is 1. The van der Waals surface area contributed by atoms with E-state index in [9.17, 15) is 5.11 Å². The van der Waals surface area contributed by atoms with E-state index >= 15 is 0 Å². The number of anilines is 1. The second-order valence-corrected chi connectivity index (χ2v) is 7.00. The number of hydrogen-bond acceptors (Lipinski definition) is 5. The molecule has 26 heavy (non-hydrogen) atoms. The van der Waals surface area contributed by atoms with Gasteiger partial charge in [-0.3, -0.25) is 9.88 Å². The average molecular weight is 360 g/mol. The van der Waals surface area contributed by atoms with Crippen molar-refractivity contribution in [2.75, 3.05) is 25.5 Å². The van der Waals surface area contributed by atoms with Gasteiger partial charge >= 0.3 is 0 Å². The summed E-state index contributed by atoms with van der Waals surface area (Å²) in [4.78, 5) is 6.87. The molecule has 0 amide bonds. The van der Waals surface area contributed by atoms with E-state index in [2.05, 4.69) is 42.9 Å². The Kier molecular flexibility index (Phi) is 7.66. The smallest absolute Gasteiger partial charge is 0.121 e. The Hall–Kier alpha value is -1.85. The number of fused-ring (bicyclic) bond motifs is 1. The number of aliphatic hydroxyl groups is 1. The lowest BCUT2D eigenvalue weighted by Gasteiger charge is -2.35. The van der Waals surface area contributed by atoms with Crippen molar-refractivity contribution in [1.29, 1.82) is 0 Å². The summed E-state index contributed by atoms with van der Waals surface area (Å²) in [6.07, 6.45) is 3.48. The number of pyridine rings is 1. The van der Waals surface area contributed by atoms with Crippen LogP contribution in [0.15, 0.2) is 30.5 Å². The molecule has 0 saturated carbocycles. The third kappa shape index (κ3) is 5.08. The van der Waals surface area contributed by atoms with Crippen LogP contribution in [0.3, 0.4) is 0 Å². The molecule has 1 aromatic heterocycles. The highest BCUT2D eigenvalue weighted by atomic mass is 16.5. The molecule has 0 aliphatic carbocycles. The number of nitrogens with zero attached hydrogens (tertiary/aromatic N) is 2. The van der Waals surface area contributed by atoms with E-state index in [1.807, 2.05) is 24.3 Å². The fourth-order valence-electron chi connectivity index (χ4n) is 3.22. The zero-order valence-corrected chi connectivity index (χ0v) is 16.7. The van der Waals surface area contributed by atoms with Crippen LogP contribution in [0.5, 0.6) is 5.75 Å². The van der Waals surface area contributed by atoms with E-state index in [0.717, 1.165) is 35.2 Å². The highest BCUT2D eigenvalue weighted by Crippen LogP contribution is 2.27. The lowest BCUT2D eigenvalue weighted by molar-refractivity contribution is 0.0694. The van der Waals surface area contributed by atoms with Gasteiger partial charge in [-0.2, -0.15) is 0 Å². The summed E-state index contributed by atoms with van der Waals surface area (Å²) in [6, 6.07) is 8.75. The van der Waals surface area contributed by atoms with Crippen molar-refractivity contribution in [1.82, 2.24) is 9.88 Å². The molecule has 0 aliphatic heterocycles. The molecule has 2 N–H and O–H groups in total. The minimum atomic E-state index is -0.456. The van der Waals surface area contributed by atoms with Gasteiger partial charge in [0.1, 0.15) is 5.75 Å². The monoisotopic (exact) mass is 359 g/mol. The molecule has 0 bridgehead atoms. The van der Waals surface area contributed by atoms with E-state index < -0.39 is 6.10 Å². The summed E-state index contributed by atoms with van der Waals surface area (Å²) in [5.41, 5.74) is 1.78. The molecule has 5 heteroatoms. The summed E-state index contributed by atoms with van der Waals surface area (Å²) >= 11 is 0. The van der Waals surface area contributed by atoms with Gasteiger partial charge in [0.05, 0.1) is 24.4 Å². The Morgan fingerprint density at radius 2 is 1.88 bits per heavy atom. The first-order valence-corrected chi connectivity index (χ1v) is 9.60. The lowest BCUT2D eigenvalue weighted by Crippen LogP contribution is -2.45. The predicted octanol–water partition coefficient (Wildman–Crippen LogP) is 3.92. The molecule has 0 aliphatic rings. The second-order valence-electron chi connectivity index (χ2n) is 7.00. The van der Waals surface area contributed by atoms with E-state index in [1.165, 1.54) is 0 Å². The number of benzene rings is 1. The van der Waals surface area contributed by atoms with Crippen molar-refractivity contribution in [2.45, 2.75) is 58.7 Å². The predicted molar refractivity (Wildman–Crippen MR) is 109 cm³/mol. The van der Waals surface area contributed by atoms with Gasteiger partial charge in [-0.25, -0.2) is 0 Å². The molecular formula is C21H33N3O2. The number of hydrogen-bond donors (Lipinski definition) is 2. The summed E-state index contributed by atoms with van der Waals surface area (Å²) < 4.78 is 5.39. The first kappa shape index (κ1) is 20.5. The molecule has 144 valence electrons. The highest BCUT2D eigenvalue weighted by molar-refractivity contribution is 5.91. The Bertz CT molecular complexity index is 682. The standard InChI is InChI=1S/C21H33N3O2/c1-6-15(3)24(16(4)7-2)14-18(25)13-23-20-12-19(26-5)11-17-9-8-10-22-21(17)20/h8-12,15-16,18,23,25H,6-7,13-14H2,1-5H3. The fraction of sp³-hybridized carbons (Fsp3) is 0.571. The molecule has 1 heterocycles. The Morgan fingerprint density at radius 3 is 2.50 bits per heavy atom. The molecular weight excluding hydrogens is 326 g/mol. The third-order valence-corrected chi connectivity index (χ3v) is 5.18. The number of methoxy groups -OCH3 is 1. The summed E-state index contributed by atoms with van der Waals surface area (Å²) in [5.74, 6) is 0.781. The zero-order chi connectivity index (χ0) is 19.1. The molecule has 3 atom stereocenters. The highest BCUT2D eigenvalue weighted by Gasteiger charge is 2.21. The maximum atomic E-state index is 10.6. The molecule has 0 spiro atoms. The molecule has 0 fully saturated rings. The van der Waals surface area contributed by atoms with Crippen molar-refractivity contribution in [3.8, 4) is 5.75 Å². The molecule has 2 rings (SSSR count). The first-order valence-electron chi connectivity index (χ1n) is 9.60. The maximum absolute atomic E-state index is 10.6. The Labute approximate surface area is 157 Å². The first-order chi connectivity index (χ1) is 12.5. The van der Waals surface area contributed by atoms with Crippen LogP contribution in [0.25, 0.3) is 10.9 Å². The molecule has 0 radical (unpaired) electrons. The molecule has 2 aromatic rings. The van der Waals surface area contributed by atoms with Crippen LogP contribution in [0.1, 0.15) is 40.5 Å². The number of rotatable bonds is 10. The van der Waals surface area contributed by atoms with Gasteiger partial charge < -0.3 is 15.2 Å². The van der Waals surface area contributed by atoms with Crippen LogP contribution in [0.2, 0.25) is 0 Å². The lowest BCUT2D eigenvalue weighted by atomic mass is 10.1. The van der Waals surface area contributed by atoms with E-state index in [-0.39, 0.29) is 0 Å². The van der Waals surface area contributed by atoms with Crippen molar-refractivity contribution < 1.29 is 9.84 Å². The van der Waals surface area contributed by atoms with Crippen molar-refractivity contribution in [2.24, 2.45) is 0 Å². The van der Waals surface area contributed by atoms with E-state index in [4.69, 9.17) is 4.74 Å². The normalized spacial score (nSPS) is 15.0. The average Bonchev–Trinajstić information content (AvgIpc) is 2.68. The summed E-state index contributed by atoms with van der Waals surface area (Å²) in [7, 11) is 1.66. The Balaban J connectivity index is 2.09. The van der Waals surface area contributed by atoms with Crippen molar-refractivity contribution in [3.63, 3.8) is 0 Å². The van der Waals surface area contributed by atoms with Crippen molar-refractivity contribution >= 4 is 16.6 Å². The minimum Gasteiger partial charge on any atom is -0.497 e. The third-order valence-electron chi connectivity index (χ3n) is 5.18. The molecule has 3 unspecified atom stereocenters. The molecule has 1 aromatic carbocycles. The van der Waals surface area contributed by atoms with Crippen LogP contribution in [-0.4, -0.2) is 53.4 Å². The van der Waals surface area contributed by atoms with E-state index in [0.29, 0.717) is 25.2 Å². The molecule has 5 nitrogen and oxygen atoms in total. The fourth-order valence-corrected chi connectivity index (χ4v) is 3.22. The largest absolute Gasteiger partial charge is 0.497 e. The summed E-state index contributed by atoms with van der Waals surface area (Å²) in [6.45, 7) is 9.98. The van der Waals surface area contributed by atoms with Crippen LogP contribution in [0, 0.1) is 0 Å². The van der Waals surface area contributed by atoms with Crippen molar-refractivity contribution in [3.05, 3.63) is 30.5 Å². The van der Waals surface area contributed by atoms with Crippen LogP contribution in [0.4, 0.5) is 5.69 Å². The van der Waals surface area contributed by atoms with Gasteiger partial charge in [-0.15, -0.1) is 0 Å². The SMILES string of the molecule is CCC(C)N(CC(O)CNc1cc(OC)cc2cccnc12)C(C)CC. The topological polar surface area (TPSA) is 57.6 Å². The Morgan fingerprint density at radius 1 is 1.19 bits per heavy atom. The van der Waals surface area contributed by atoms with E-state index in [1.54, 1.807) is 13.3 Å². The second kappa shape index (κ2) is 9.74. The quantitative estimate of drug-likeness (QED) is 0.673. The number of aliphatic hydroxyl groups excluding tert-OH is 1. The van der Waals surface area contributed by atoms with Crippen LogP contribution < -0.4 is 10.1 Å². The van der Waals surface area contributed by atoms with Gasteiger partial charge in [-0.05, 0) is 38.8 Å². The summed E-state index contributed by atoms with van der Waals surface area (Å²) in [5, 5.41) is 15.0. The zero-order valence-electron chi connectivity index (χ0n) is 16.7. The van der Waals surface area contributed by atoms with Gasteiger partial charge in [0.25, 0.3) is 0 Å². The minimum absolute atomic E-state index is 0.456. The number of nitrogens with one attached hydrogen (secondary N) is 1. The van der Waals surface area contributed by atoms with Crippen LogP contribution in [-0.2, 0) is 0 Å². The maximum Gasteiger partial charge on any atom is 0.121 e. The van der Waals surface area contributed by atoms with Gasteiger partial charge in [0.15, 0.2) is 0 Å². The number of aromatic nitrogens is 1. The molecule has 0 saturated heterocycles. The van der Waals surface area contributed by atoms with Crippen LogP contribution >= 0.6 is 0 Å². The van der Waals surface area contributed by atoms with Gasteiger partial charge in [0, 0.05) is 42.8 Å².